The van der Waals surface area contributed by atoms with E-state index in [1.807, 2.05) is 4.90 Å². The van der Waals surface area contributed by atoms with Crippen molar-refractivity contribution in [3.63, 3.8) is 0 Å². The van der Waals surface area contributed by atoms with Crippen LogP contribution in [-0.4, -0.2) is 61.6 Å². The van der Waals surface area contributed by atoms with E-state index in [1.165, 1.54) is 18.9 Å². The van der Waals surface area contributed by atoms with Gasteiger partial charge < -0.3 is 9.80 Å². The smallest absolute Gasteiger partial charge is 0.225 e. The zero-order valence-electron chi connectivity index (χ0n) is 18.2. The fourth-order valence-corrected chi connectivity index (χ4v) is 6.12. The van der Waals surface area contributed by atoms with Crippen LogP contribution in [-0.2, 0) is 14.6 Å². The first-order chi connectivity index (χ1) is 14.3. The predicted molar refractivity (Wildman–Crippen MR) is 116 cm³/mol. The molecule has 4 rings (SSSR count). The van der Waals surface area contributed by atoms with E-state index in [0.29, 0.717) is 36.6 Å². The summed E-state index contributed by atoms with van der Waals surface area (Å²) in [5.74, 6) is 1.77. The van der Waals surface area contributed by atoms with Crippen LogP contribution in [0.2, 0.25) is 0 Å². The van der Waals surface area contributed by atoms with E-state index in [-0.39, 0.29) is 16.7 Å². The van der Waals surface area contributed by atoms with E-state index in [2.05, 4.69) is 16.8 Å². The highest BCUT2D eigenvalue weighted by atomic mass is 32.2. The molecule has 0 aromatic carbocycles. The highest BCUT2D eigenvalue weighted by Crippen LogP contribution is 2.34. The van der Waals surface area contributed by atoms with Gasteiger partial charge in [-0.25, -0.2) is 18.4 Å². The zero-order valence-corrected chi connectivity index (χ0v) is 19.0. The normalized spacial score (nSPS) is 24.4. The third-order valence-corrected chi connectivity index (χ3v) is 8.12. The minimum Gasteiger partial charge on any atom is -0.342 e. The molecule has 166 valence electrons. The van der Waals surface area contributed by atoms with E-state index in [9.17, 15) is 13.2 Å². The number of aromatic nitrogens is 2. The highest BCUT2D eigenvalue weighted by Gasteiger charge is 2.33. The Bertz CT molecular complexity index is 874. The second-order valence-corrected chi connectivity index (χ2v) is 11.5. The van der Waals surface area contributed by atoms with Crippen molar-refractivity contribution in [2.45, 2.75) is 69.1 Å². The van der Waals surface area contributed by atoms with Gasteiger partial charge in [-0.05, 0) is 44.4 Å². The topological polar surface area (TPSA) is 83.5 Å². The maximum absolute atomic E-state index is 12.8. The van der Waals surface area contributed by atoms with Gasteiger partial charge in [0.2, 0.25) is 11.9 Å². The molecule has 0 spiro atoms. The third kappa shape index (κ3) is 4.63. The van der Waals surface area contributed by atoms with Gasteiger partial charge in [-0.15, -0.1) is 0 Å². The van der Waals surface area contributed by atoms with E-state index in [0.717, 1.165) is 58.0 Å². The number of hydrogen-bond acceptors (Lipinski definition) is 6. The molecule has 1 saturated carbocycles. The van der Waals surface area contributed by atoms with Gasteiger partial charge >= 0.3 is 0 Å². The van der Waals surface area contributed by atoms with Gasteiger partial charge in [0, 0.05) is 44.3 Å². The molecule has 1 aromatic rings. The van der Waals surface area contributed by atoms with Crippen molar-refractivity contribution in [3.05, 3.63) is 11.9 Å². The molecular weight excluding hydrogens is 400 g/mol. The summed E-state index contributed by atoms with van der Waals surface area (Å²) in [5, 5.41) is 0. The lowest BCUT2D eigenvalue weighted by atomic mass is 9.92. The Balaban J connectivity index is 1.53. The Morgan fingerprint density at radius 2 is 1.73 bits per heavy atom. The summed E-state index contributed by atoms with van der Waals surface area (Å²) in [5.41, 5.74) is 0.647. The first kappa shape index (κ1) is 21.5. The van der Waals surface area contributed by atoms with Crippen molar-refractivity contribution < 1.29 is 13.2 Å². The zero-order chi connectivity index (χ0) is 21.3. The van der Waals surface area contributed by atoms with Crippen LogP contribution >= 0.6 is 0 Å². The average Bonchev–Trinajstić information content (AvgIpc) is 3.27. The Hall–Kier alpha value is -1.70. The molecule has 1 aliphatic carbocycles. The minimum atomic E-state index is -3.41. The molecule has 0 bridgehead atoms. The average molecular weight is 435 g/mol. The maximum Gasteiger partial charge on any atom is 0.225 e. The molecule has 1 aromatic heterocycles. The maximum atomic E-state index is 12.8. The summed E-state index contributed by atoms with van der Waals surface area (Å²) >= 11 is 0. The lowest BCUT2D eigenvalue weighted by Gasteiger charge is -2.35. The number of nitrogens with zero attached hydrogens (tertiary/aromatic N) is 4. The second-order valence-electron chi connectivity index (χ2n) is 9.47. The summed E-state index contributed by atoms with van der Waals surface area (Å²) in [6, 6.07) is 0. The first-order valence-electron chi connectivity index (χ1n) is 11.4. The molecule has 2 saturated heterocycles. The van der Waals surface area contributed by atoms with Crippen molar-refractivity contribution in [1.29, 1.82) is 0 Å². The largest absolute Gasteiger partial charge is 0.342 e. The number of sulfone groups is 1. The number of rotatable bonds is 4. The van der Waals surface area contributed by atoms with Crippen molar-refractivity contribution in [3.8, 4) is 0 Å². The van der Waals surface area contributed by atoms with Crippen LogP contribution in [0.3, 0.4) is 0 Å². The lowest BCUT2D eigenvalue weighted by molar-refractivity contribution is -0.136. The monoisotopic (exact) mass is 434 g/mol. The molecule has 1 atom stereocenters. The molecule has 8 heteroatoms. The van der Waals surface area contributed by atoms with Crippen molar-refractivity contribution in [2.24, 2.45) is 11.8 Å². The van der Waals surface area contributed by atoms with Crippen LogP contribution in [0.1, 0.15) is 69.9 Å². The highest BCUT2D eigenvalue weighted by molar-refractivity contribution is 7.90. The molecule has 0 radical (unpaired) electrons. The molecule has 0 N–H and O–H groups in total. The van der Waals surface area contributed by atoms with Gasteiger partial charge in [0.15, 0.2) is 9.84 Å². The number of likely N-dealkylation sites (tertiary alicyclic amines) is 1. The van der Waals surface area contributed by atoms with Gasteiger partial charge in [0.25, 0.3) is 0 Å². The molecule has 2 aliphatic heterocycles. The number of carbonyl (C=O) groups excluding carboxylic acids is 1. The number of hydrogen-bond donors (Lipinski definition) is 0. The van der Waals surface area contributed by atoms with E-state index in [4.69, 9.17) is 4.98 Å². The summed E-state index contributed by atoms with van der Waals surface area (Å²) in [7, 11) is -3.41. The molecule has 0 unspecified atom stereocenters. The van der Waals surface area contributed by atoms with Crippen LogP contribution in [0.5, 0.6) is 0 Å². The quantitative estimate of drug-likeness (QED) is 0.724. The van der Waals surface area contributed by atoms with Crippen LogP contribution in [0.4, 0.5) is 5.95 Å². The standard InChI is InChI=1S/C22H34N4O3S/c1-16-6-5-11-26(15-16)22-23-14-19(30(2,28)29)20(24-22)17-9-12-25(13-10-17)21(27)18-7-3-4-8-18/h14,16-18H,3-13,15H2,1-2H3/t16-/m0/s1. The SMILES string of the molecule is C[C@H]1CCCN(c2ncc(S(C)(=O)=O)c(C3CCN(C(=O)C4CCCC4)CC3)n2)C1. The molecule has 1 amide bonds. The number of amides is 1. The summed E-state index contributed by atoms with van der Waals surface area (Å²) in [4.78, 5) is 26.4. The first-order valence-corrected chi connectivity index (χ1v) is 13.3. The Labute approximate surface area is 180 Å². The van der Waals surface area contributed by atoms with Crippen LogP contribution in [0.25, 0.3) is 0 Å². The Morgan fingerprint density at radius 3 is 2.37 bits per heavy atom. The molecule has 3 heterocycles. The van der Waals surface area contributed by atoms with E-state index < -0.39 is 9.84 Å². The number of carbonyl (C=O) groups is 1. The lowest BCUT2D eigenvalue weighted by Crippen LogP contribution is -2.41. The molecule has 30 heavy (non-hydrogen) atoms. The van der Waals surface area contributed by atoms with Crippen LogP contribution in [0.15, 0.2) is 11.1 Å². The predicted octanol–water partition coefficient (Wildman–Crippen LogP) is 3.01. The minimum absolute atomic E-state index is 0.0475. The summed E-state index contributed by atoms with van der Waals surface area (Å²) < 4.78 is 24.8. The van der Waals surface area contributed by atoms with Crippen LogP contribution < -0.4 is 4.90 Å². The number of anilines is 1. The van der Waals surface area contributed by atoms with Gasteiger partial charge in [-0.1, -0.05) is 19.8 Å². The summed E-state index contributed by atoms with van der Waals surface area (Å²) in [6.45, 7) is 5.42. The molecule has 7 nitrogen and oxygen atoms in total. The Kier molecular flexibility index (Phi) is 6.32. The fourth-order valence-electron chi connectivity index (χ4n) is 5.28. The van der Waals surface area contributed by atoms with Crippen molar-refractivity contribution in [1.82, 2.24) is 14.9 Å². The van der Waals surface area contributed by atoms with Gasteiger partial charge in [-0.2, -0.15) is 0 Å². The third-order valence-electron chi connectivity index (χ3n) is 7.01. The number of piperidine rings is 2. The molecule has 3 aliphatic rings. The Morgan fingerprint density at radius 1 is 1.03 bits per heavy atom. The van der Waals surface area contributed by atoms with Gasteiger partial charge in [0.05, 0.1) is 11.9 Å². The summed E-state index contributed by atoms with van der Waals surface area (Å²) in [6.07, 6.45) is 10.9. The van der Waals surface area contributed by atoms with E-state index in [1.54, 1.807) is 0 Å². The van der Waals surface area contributed by atoms with Gasteiger partial charge in [-0.3, -0.25) is 4.79 Å². The fraction of sp³-hybridized carbons (Fsp3) is 0.773. The van der Waals surface area contributed by atoms with E-state index >= 15 is 0 Å². The molecular formula is C22H34N4O3S. The van der Waals surface area contributed by atoms with Gasteiger partial charge in [0.1, 0.15) is 4.90 Å². The van der Waals surface area contributed by atoms with Crippen molar-refractivity contribution in [2.75, 3.05) is 37.3 Å². The molecule has 3 fully saturated rings. The van der Waals surface area contributed by atoms with Crippen molar-refractivity contribution >= 4 is 21.7 Å². The second kappa shape index (κ2) is 8.81. The van der Waals surface area contributed by atoms with Crippen LogP contribution in [0, 0.1) is 11.8 Å².